The summed E-state index contributed by atoms with van der Waals surface area (Å²) in [6, 6.07) is 10.8. The van der Waals surface area contributed by atoms with Crippen molar-refractivity contribution < 1.29 is 22.3 Å². The van der Waals surface area contributed by atoms with E-state index in [9.17, 15) is 17.6 Å². The Hall–Kier alpha value is -2.76. The largest absolute Gasteiger partial charge is 0.460 e. The molecule has 30 heavy (non-hydrogen) atoms. The quantitative estimate of drug-likeness (QED) is 0.678. The molecule has 1 heterocycles. The standard InChI is InChI=1S/C22H23FN2O4S/c1-15-3-5-20(11-16(15)2)30(27,28)25-9-7-18(8-10-25)22(26)29-14-19-12-17(13-24)4-6-21(19)23/h3-6,11-12,18H,7-10,14H2,1-2H3. The van der Waals surface area contributed by atoms with Gasteiger partial charge in [0.05, 0.1) is 22.4 Å². The fourth-order valence-corrected chi connectivity index (χ4v) is 4.93. The molecule has 158 valence electrons. The molecule has 0 spiro atoms. The first-order chi connectivity index (χ1) is 14.2. The number of hydrogen-bond acceptors (Lipinski definition) is 5. The van der Waals surface area contributed by atoms with Gasteiger partial charge in [0.2, 0.25) is 10.0 Å². The first-order valence-electron chi connectivity index (χ1n) is 9.65. The van der Waals surface area contributed by atoms with Crippen molar-refractivity contribution in [3.8, 4) is 6.07 Å². The van der Waals surface area contributed by atoms with Crippen LogP contribution in [0.25, 0.3) is 0 Å². The lowest BCUT2D eigenvalue weighted by molar-refractivity contribution is -0.151. The summed E-state index contributed by atoms with van der Waals surface area (Å²) >= 11 is 0. The zero-order valence-electron chi connectivity index (χ0n) is 16.9. The highest BCUT2D eigenvalue weighted by molar-refractivity contribution is 7.89. The normalized spacial score (nSPS) is 15.5. The van der Waals surface area contributed by atoms with Crippen LogP contribution in [0.1, 0.15) is 35.1 Å². The van der Waals surface area contributed by atoms with E-state index in [0.717, 1.165) is 17.2 Å². The third kappa shape index (κ3) is 4.69. The van der Waals surface area contributed by atoms with Crippen LogP contribution < -0.4 is 0 Å². The highest BCUT2D eigenvalue weighted by Crippen LogP contribution is 2.26. The molecule has 2 aromatic carbocycles. The smallest absolute Gasteiger partial charge is 0.309 e. The molecule has 0 atom stereocenters. The Morgan fingerprint density at radius 1 is 1.17 bits per heavy atom. The van der Waals surface area contributed by atoms with Gasteiger partial charge in [0.15, 0.2) is 0 Å². The number of hydrogen-bond donors (Lipinski definition) is 0. The van der Waals surface area contributed by atoms with Crippen molar-refractivity contribution in [2.24, 2.45) is 5.92 Å². The van der Waals surface area contributed by atoms with Crippen LogP contribution in [0.3, 0.4) is 0 Å². The predicted molar refractivity (Wildman–Crippen MR) is 108 cm³/mol. The lowest BCUT2D eigenvalue weighted by Gasteiger charge is -2.30. The second kappa shape index (κ2) is 8.94. The Kier molecular flexibility index (Phi) is 6.54. The summed E-state index contributed by atoms with van der Waals surface area (Å²) in [4.78, 5) is 12.6. The van der Waals surface area contributed by atoms with Crippen molar-refractivity contribution in [3.05, 3.63) is 64.5 Å². The molecule has 0 radical (unpaired) electrons. The van der Waals surface area contributed by atoms with Gasteiger partial charge in [-0.05, 0) is 68.1 Å². The Bertz CT molecular complexity index is 1100. The Morgan fingerprint density at radius 2 is 1.87 bits per heavy atom. The van der Waals surface area contributed by atoms with Crippen LogP contribution in [0.2, 0.25) is 0 Å². The topological polar surface area (TPSA) is 87.5 Å². The van der Waals surface area contributed by atoms with Crippen molar-refractivity contribution in [2.45, 2.75) is 38.2 Å². The van der Waals surface area contributed by atoms with Crippen LogP contribution in [0.15, 0.2) is 41.3 Å². The maximum absolute atomic E-state index is 13.8. The van der Waals surface area contributed by atoms with Crippen molar-refractivity contribution in [1.29, 1.82) is 5.26 Å². The fourth-order valence-electron chi connectivity index (χ4n) is 3.38. The molecule has 0 N–H and O–H groups in total. The maximum atomic E-state index is 13.8. The molecule has 8 heteroatoms. The second-order valence-corrected chi connectivity index (χ2v) is 9.39. The monoisotopic (exact) mass is 430 g/mol. The molecule has 1 saturated heterocycles. The fraction of sp³-hybridized carbons (Fsp3) is 0.364. The van der Waals surface area contributed by atoms with Gasteiger partial charge < -0.3 is 4.74 Å². The molecule has 0 aliphatic carbocycles. The molecule has 6 nitrogen and oxygen atoms in total. The van der Waals surface area contributed by atoms with Gasteiger partial charge >= 0.3 is 5.97 Å². The van der Waals surface area contributed by atoms with Crippen molar-refractivity contribution >= 4 is 16.0 Å². The lowest BCUT2D eigenvalue weighted by atomic mass is 9.98. The molecule has 0 bridgehead atoms. The van der Waals surface area contributed by atoms with Gasteiger partial charge in [0.25, 0.3) is 0 Å². The van der Waals surface area contributed by atoms with Gasteiger partial charge in [0.1, 0.15) is 12.4 Å². The molecule has 1 aliphatic heterocycles. The molecule has 0 amide bonds. The van der Waals surface area contributed by atoms with Gasteiger partial charge in [-0.25, -0.2) is 12.8 Å². The molecule has 0 aromatic heterocycles. The van der Waals surface area contributed by atoms with Crippen LogP contribution in [0, 0.1) is 36.9 Å². The highest BCUT2D eigenvalue weighted by Gasteiger charge is 2.33. The van der Waals surface area contributed by atoms with Crippen molar-refractivity contribution in [2.75, 3.05) is 13.1 Å². The number of piperidine rings is 1. The van der Waals surface area contributed by atoms with Crippen LogP contribution in [-0.2, 0) is 26.2 Å². The molecule has 2 aromatic rings. The van der Waals surface area contributed by atoms with Gasteiger partial charge in [-0.2, -0.15) is 9.57 Å². The van der Waals surface area contributed by atoms with E-state index in [4.69, 9.17) is 10.00 Å². The number of benzene rings is 2. The molecule has 0 saturated carbocycles. The number of nitriles is 1. The third-order valence-electron chi connectivity index (χ3n) is 5.45. The number of halogens is 1. The van der Waals surface area contributed by atoms with E-state index in [0.29, 0.717) is 12.8 Å². The minimum atomic E-state index is -3.62. The van der Waals surface area contributed by atoms with Gasteiger partial charge in [-0.15, -0.1) is 0 Å². The van der Waals surface area contributed by atoms with Gasteiger partial charge in [-0.1, -0.05) is 6.07 Å². The number of rotatable bonds is 5. The zero-order chi connectivity index (χ0) is 21.9. The maximum Gasteiger partial charge on any atom is 0.309 e. The van der Waals surface area contributed by atoms with Crippen LogP contribution >= 0.6 is 0 Å². The van der Waals surface area contributed by atoms with E-state index >= 15 is 0 Å². The number of sulfonamides is 1. The van der Waals surface area contributed by atoms with Crippen LogP contribution in [0.4, 0.5) is 4.39 Å². The molecular weight excluding hydrogens is 407 g/mol. The summed E-state index contributed by atoms with van der Waals surface area (Å²) in [5.74, 6) is -1.48. The summed E-state index contributed by atoms with van der Waals surface area (Å²) in [6.45, 7) is 3.96. The SMILES string of the molecule is Cc1ccc(S(=O)(=O)N2CCC(C(=O)OCc3cc(C#N)ccc3F)CC2)cc1C. The van der Waals surface area contributed by atoms with Crippen molar-refractivity contribution in [1.82, 2.24) is 4.31 Å². The average Bonchev–Trinajstić information content (AvgIpc) is 2.74. The number of carbonyl (C=O) groups is 1. The number of esters is 1. The first kappa shape index (κ1) is 21.9. The van der Waals surface area contributed by atoms with Crippen LogP contribution in [0.5, 0.6) is 0 Å². The summed E-state index contributed by atoms with van der Waals surface area (Å²) < 4.78 is 46.2. The average molecular weight is 431 g/mol. The first-order valence-corrected chi connectivity index (χ1v) is 11.1. The second-order valence-electron chi connectivity index (χ2n) is 7.45. The highest BCUT2D eigenvalue weighted by atomic mass is 32.2. The van der Waals surface area contributed by atoms with E-state index in [1.165, 1.54) is 16.4 Å². The number of aryl methyl sites for hydroxylation is 2. The third-order valence-corrected chi connectivity index (χ3v) is 7.34. The van der Waals surface area contributed by atoms with Gasteiger partial charge in [-0.3, -0.25) is 4.79 Å². The van der Waals surface area contributed by atoms with Crippen molar-refractivity contribution in [3.63, 3.8) is 0 Å². The molecular formula is C22H23FN2O4S. The predicted octanol–water partition coefficient (Wildman–Crippen LogP) is 3.46. The van der Waals surface area contributed by atoms with E-state index < -0.39 is 27.7 Å². The van der Waals surface area contributed by atoms with E-state index in [-0.39, 0.29) is 35.7 Å². The van der Waals surface area contributed by atoms with E-state index in [1.54, 1.807) is 18.2 Å². The summed E-state index contributed by atoms with van der Waals surface area (Å²) in [6.07, 6.45) is 0.674. The summed E-state index contributed by atoms with van der Waals surface area (Å²) in [5.41, 5.74) is 2.35. The number of nitrogens with zero attached hydrogens (tertiary/aromatic N) is 2. The Morgan fingerprint density at radius 3 is 2.50 bits per heavy atom. The zero-order valence-corrected chi connectivity index (χ0v) is 17.7. The van der Waals surface area contributed by atoms with Gasteiger partial charge in [0, 0.05) is 18.7 Å². The number of ether oxygens (including phenoxy) is 1. The molecule has 3 rings (SSSR count). The summed E-state index contributed by atoms with van der Waals surface area (Å²) in [7, 11) is -3.62. The Balaban J connectivity index is 1.59. The summed E-state index contributed by atoms with van der Waals surface area (Å²) in [5, 5.41) is 8.90. The van der Waals surface area contributed by atoms with Crippen LogP contribution in [-0.4, -0.2) is 31.8 Å². The molecule has 1 fully saturated rings. The van der Waals surface area contributed by atoms with E-state index in [2.05, 4.69) is 0 Å². The Labute approximate surface area is 175 Å². The number of carbonyl (C=O) groups excluding carboxylic acids is 1. The minimum Gasteiger partial charge on any atom is -0.460 e. The minimum absolute atomic E-state index is 0.136. The lowest BCUT2D eigenvalue weighted by Crippen LogP contribution is -2.40. The van der Waals surface area contributed by atoms with E-state index in [1.807, 2.05) is 19.9 Å². The molecule has 0 unspecified atom stereocenters. The molecule has 1 aliphatic rings.